The lowest BCUT2D eigenvalue weighted by Gasteiger charge is -2.28. The number of hydrogen-bond acceptors (Lipinski definition) is 2. The zero-order valence-corrected chi connectivity index (χ0v) is 8.67. The summed E-state index contributed by atoms with van der Waals surface area (Å²) in [4.78, 5) is 24.9. The minimum Gasteiger partial charge on any atom is -0.331 e. The monoisotopic (exact) mass is 196 g/mol. The minimum atomic E-state index is -0.267. The summed E-state index contributed by atoms with van der Waals surface area (Å²) in [6.07, 6.45) is 1.93. The lowest BCUT2D eigenvalue weighted by Crippen LogP contribution is -2.44. The van der Waals surface area contributed by atoms with Crippen molar-refractivity contribution in [1.29, 1.82) is 0 Å². The van der Waals surface area contributed by atoms with Crippen LogP contribution >= 0.6 is 0 Å². The average molecular weight is 196 g/mol. The number of carbonyl (C=O) groups excluding carboxylic acids is 2. The van der Waals surface area contributed by atoms with E-state index in [9.17, 15) is 9.59 Å². The summed E-state index contributed by atoms with van der Waals surface area (Å²) in [5.74, 6) is 0.280. The first-order valence-electron chi connectivity index (χ1n) is 5.11. The summed E-state index contributed by atoms with van der Waals surface area (Å²) in [5, 5.41) is 2.92. The fourth-order valence-electron chi connectivity index (χ4n) is 2.35. The molecule has 78 valence electrons. The summed E-state index contributed by atoms with van der Waals surface area (Å²) in [5.41, 5.74) is -0.267. The molecule has 2 aliphatic rings. The molecule has 2 fully saturated rings. The van der Waals surface area contributed by atoms with E-state index in [1.165, 1.54) is 0 Å². The maximum Gasteiger partial charge on any atom is 0.318 e. The van der Waals surface area contributed by atoms with E-state index in [-0.39, 0.29) is 23.4 Å². The SMILES string of the molecule is CC1(C)NC(=O)N2CCCC(=O)CC21. The van der Waals surface area contributed by atoms with Gasteiger partial charge < -0.3 is 10.2 Å². The Balaban J connectivity index is 2.26. The van der Waals surface area contributed by atoms with Crippen molar-refractivity contribution in [2.24, 2.45) is 0 Å². The van der Waals surface area contributed by atoms with Crippen LogP contribution in [0, 0.1) is 0 Å². The zero-order valence-electron chi connectivity index (χ0n) is 8.67. The summed E-state index contributed by atoms with van der Waals surface area (Å²) >= 11 is 0. The van der Waals surface area contributed by atoms with Gasteiger partial charge in [0.25, 0.3) is 0 Å². The van der Waals surface area contributed by atoms with Crippen molar-refractivity contribution in [1.82, 2.24) is 10.2 Å². The lowest BCUT2D eigenvalue weighted by atomic mass is 9.92. The molecule has 1 unspecified atom stereocenters. The van der Waals surface area contributed by atoms with E-state index in [1.807, 2.05) is 18.7 Å². The Labute approximate surface area is 83.6 Å². The Hall–Kier alpha value is -1.06. The van der Waals surface area contributed by atoms with Crippen LogP contribution in [0.2, 0.25) is 0 Å². The third kappa shape index (κ3) is 1.38. The van der Waals surface area contributed by atoms with Crippen LogP contribution < -0.4 is 5.32 Å². The highest BCUT2D eigenvalue weighted by molar-refractivity contribution is 5.84. The molecular weight excluding hydrogens is 180 g/mol. The molecule has 0 aliphatic carbocycles. The second kappa shape index (κ2) is 2.97. The van der Waals surface area contributed by atoms with Crippen molar-refractivity contribution < 1.29 is 9.59 Å². The molecule has 0 aromatic heterocycles. The number of ketones is 1. The van der Waals surface area contributed by atoms with Gasteiger partial charge in [-0.3, -0.25) is 4.79 Å². The van der Waals surface area contributed by atoms with Gasteiger partial charge in [-0.1, -0.05) is 0 Å². The Morgan fingerprint density at radius 1 is 1.43 bits per heavy atom. The Kier molecular flexibility index (Phi) is 2.01. The fourth-order valence-corrected chi connectivity index (χ4v) is 2.35. The van der Waals surface area contributed by atoms with Crippen LogP contribution in [0.15, 0.2) is 0 Å². The molecule has 1 atom stereocenters. The maximum atomic E-state index is 11.6. The molecule has 0 spiro atoms. The number of amides is 2. The molecule has 0 aromatic rings. The quantitative estimate of drug-likeness (QED) is 0.626. The molecule has 2 rings (SSSR count). The fraction of sp³-hybridized carbons (Fsp3) is 0.800. The largest absolute Gasteiger partial charge is 0.331 e. The Morgan fingerprint density at radius 3 is 2.86 bits per heavy atom. The van der Waals surface area contributed by atoms with Crippen LogP contribution in [-0.2, 0) is 4.79 Å². The van der Waals surface area contributed by atoms with Crippen LogP contribution in [0.5, 0.6) is 0 Å². The van der Waals surface area contributed by atoms with Crippen LogP contribution in [0.1, 0.15) is 33.1 Å². The zero-order chi connectivity index (χ0) is 10.3. The van der Waals surface area contributed by atoms with Crippen LogP contribution in [0.3, 0.4) is 0 Å². The van der Waals surface area contributed by atoms with Crippen LogP contribution in [0.4, 0.5) is 4.79 Å². The number of hydrogen-bond donors (Lipinski definition) is 1. The predicted molar refractivity (Wildman–Crippen MR) is 52.0 cm³/mol. The molecule has 2 amide bonds. The maximum absolute atomic E-state index is 11.6. The number of carbonyl (C=O) groups is 2. The topological polar surface area (TPSA) is 49.4 Å². The number of nitrogens with one attached hydrogen (secondary N) is 1. The van der Waals surface area contributed by atoms with E-state index in [4.69, 9.17) is 0 Å². The molecule has 2 aliphatic heterocycles. The van der Waals surface area contributed by atoms with Gasteiger partial charge in [0, 0.05) is 19.4 Å². The van der Waals surface area contributed by atoms with Gasteiger partial charge in [-0.05, 0) is 20.3 Å². The van der Waals surface area contributed by atoms with Gasteiger partial charge in [-0.25, -0.2) is 4.79 Å². The second-order valence-electron chi connectivity index (χ2n) is 4.71. The minimum absolute atomic E-state index is 0.0188. The van der Waals surface area contributed by atoms with Crippen LogP contribution in [0.25, 0.3) is 0 Å². The molecule has 4 nitrogen and oxygen atoms in total. The molecule has 0 aromatic carbocycles. The molecule has 0 saturated carbocycles. The van der Waals surface area contributed by atoms with E-state index in [0.717, 1.165) is 6.42 Å². The molecule has 14 heavy (non-hydrogen) atoms. The van der Waals surface area contributed by atoms with Crippen molar-refractivity contribution in [2.75, 3.05) is 6.54 Å². The second-order valence-corrected chi connectivity index (χ2v) is 4.71. The van der Waals surface area contributed by atoms with E-state index in [2.05, 4.69) is 5.32 Å². The third-order valence-electron chi connectivity index (χ3n) is 3.17. The van der Waals surface area contributed by atoms with Gasteiger partial charge in [-0.15, -0.1) is 0 Å². The van der Waals surface area contributed by atoms with Gasteiger partial charge in [0.05, 0.1) is 11.6 Å². The van der Waals surface area contributed by atoms with Crippen molar-refractivity contribution in [3.63, 3.8) is 0 Å². The number of fused-ring (bicyclic) bond motifs is 1. The molecule has 2 saturated heterocycles. The first-order chi connectivity index (χ1) is 6.50. The van der Waals surface area contributed by atoms with Gasteiger partial charge >= 0.3 is 6.03 Å². The smallest absolute Gasteiger partial charge is 0.318 e. The van der Waals surface area contributed by atoms with E-state index < -0.39 is 0 Å². The number of nitrogens with zero attached hydrogens (tertiary/aromatic N) is 1. The third-order valence-corrected chi connectivity index (χ3v) is 3.17. The molecule has 4 heteroatoms. The predicted octanol–water partition coefficient (Wildman–Crippen LogP) is 0.912. The highest BCUT2D eigenvalue weighted by atomic mass is 16.2. The summed E-state index contributed by atoms with van der Waals surface area (Å²) < 4.78 is 0. The molecular formula is C10H16N2O2. The Morgan fingerprint density at radius 2 is 2.14 bits per heavy atom. The summed E-state index contributed by atoms with van der Waals surface area (Å²) in [6.45, 7) is 4.67. The van der Waals surface area contributed by atoms with Crippen molar-refractivity contribution in [3.05, 3.63) is 0 Å². The highest BCUT2D eigenvalue weighted by Gasteiger charge is 2.46. The van der Waals surface area contributed by atoms with Gasteiger partial charge in [0.2, 0.25) is 0 Å². The summed E-state index contributed by atoms with van der Waals surface area (Å²) in [7, 11) is 0. The van der Waals surface area contributed by atoms with Crippen LogP contribution in [-0.4, -0.2) is 34.8 Å². The first-order valence-corrected chi connectivity index (χ1v) is 5.11. The molecule has 1 N–H and O–H groups in total. The van der Waals surface area contributed by atoms with E-state index >= 15 is 0 Å². The average Bonchev–Trinajstić information content (AvgIpc) is 2.23. The highest BCUT2D eigenvalue weighted by Crippen LogP contribution is 2.29. The number of Topliss-reactive ketones (excluding diaryl/α,β-unsaturated/α-hetero) is 1. The van der Waals surface area contributed by atoms with E-state index in [0.29, 0.717) is 19.4 Å². The van der Waals surface area contributed by atoms with E-state index in [1.54, 1.807) is 0 Å². The lowest BCUT2D eigenvalue weighted by molar-refractivity contribution is -0.119. The van der Waals surface area contributed by atoms with Crippen molar-refractivity contribution >= 4 is 11.8 Å². The Bertz CT molecular complexity index is 286. The first kappa shape index (κ1) is 9.49. The molecule has 0 bridgehead atoms. The number of urea groups is 1. The van der Waals surface area contributed by atoms with Gasteiger partial charge in [0.1, 0.15) is 5.78 Å². The van der Waals surface area contributed by atoms with Gasteiger partial charge in [0.15, 0.2) is 0 Å². The standard InChI is InChI=1S/C10H16N2O2/c1-10(2)8-6-7(13)4-3-5-12(8)9(14)11-10/h8H,3-6H2,1-2H3,(H,11,14). The van der Waals surface area contributed by atoms with Crippen molar-refractivity contribution in [3.8, 4) is 0 Å². The molecule has 0 radical (unpaired) electrons. The van der Waals surface area contributed by atoms with Crippen molar-refractivity contribution in [2.45, 2.75) is 44.7 Å². The number of rotatable bonds is 0. The van der Waals surface area contributed by atoms with Gasteiger partial charge in [-0.2, -0.15) is 0 Å². The summed E-state index contributed by atoms with van der Waals surface area (Å²) in [6, 6.07) is 0.0275. The normalized spacial score (nSPS) is 31.0. The molecule has 2 heterocycles.